The minimum Gasteiger partial charge on any atom is -0.350 e. The first-order chi connectivity index (χ1) is 15.8. The Bertz CT molecular complexity index is 1080. The van der Waals surface area contributed by atoms with E-state index in [1.54, 1.807) is 24.1 Å². The number of benzene rings is 1. The number of H-pyrrole nitrogens is 1. The van der Waals surface area contributed by atoms with Gasteiger partial charge in [-0.25, -0.2) is 4.39 Å². The van der Waals surface area contributed by atoms with Gasteiger partial charge in [0.05, 0.1) is 12.1 Å². The molecule has 5 rings (SSSR count). The van der Waals surface area contributed by atoms with Crippen molar-refractivity contribution in [2.75, 3.05) is 33.2 Å². The predicted molar refractivity (Wildman–Crippen MR) is 121 cm³/mol. The fourth-order valence-electron chi connectivity index (χ4n) is 5.61. The van der Waals surface area contributed by atoms with Crippen molar-refractivity contribution in [3.8, 4) is 0 Å². The first kappa shape index (κ1) is 21.9. The van der Waals surface area contributed by atoms with Gasteiger partial charge in [-0.05, 0) is 50.3 Å². The van der Waals surface area contributed by atoms with Crippen LogP contribution in [-0.2, 0) is 9.59 Å². The zero-order chi connectivity index (χ0) is 23.3. The molecule has 1 aliphatic carbocycles. The van der Waals surface area contributed by atoms with E-state index in [2.05, 4.69) is 15.2 Å². The Balaban J connectivity index is 1.24. The van der Waals surface area contributed by atoms with Crippen LogP contribution in [0.3, 0.4) is 0 Å². The molecule has 3 atom stereocenters. The van der Waals surface area contributed by atoms with Crippen LogP contribution in [0.15, 0.2) is 18.2 Å². The van der Waals surface area contributed by atoms with Crippen LogP contribution < -0.4 is 5.32 Å². The summed E-state index contributed by atoms with van der Waals surface area (Å²) in [7, 11) is 1.68. The van der Waals surface area contributed by atoms with Gasteiger partial charge in [-0.3, -0.25) is 19.3 Å². The summed E-state index contributed by atoms with van der Waals surface area (Å²) in [6, 6.07) is 4.55. The Morgan fingerprint density at radius 3 is 2.82 bits per heavy atom. The average Bonchev–Trinajstić information content (AvgIpc) is 3.27. The third kappa shape index (κ3) is 3.99. The van der Waals surface area contributed by atoms with Gasteiger partial charge in [-0.1, -0.05) is 6.07 Å². The van der Waals surface area contributed by atoms with Gasteiger partial charge in [-0.15, -0.1) is 0 Å². The lowest BCUT2D eigenvalue weighted by molar-refractivity contribution is -0.159. The highest BCUT2D eigenvalue weighted by atomic mass is 19.1. The average molecular weight is 456 g/mol. The van der Waals surface area contributed by atoms with E-state index < -0.39 is 6.04 Å². The number of amides is 3. The van der Waals surface area contributed by atoms with Gasteiger partial charge in [0.15, 0.2) is 0 Å². The quantitative estimate of drug-likeness (QED) is 0.737. The number of piperazine rings is 2. The highest BCUT2D eigenvalue weighted by molar-refractivity contribution is 5.99. The van der Waals surface area contributed by atoms with Gasteiger partial charge in [0.2, 0.25) is 11.8 Å². The van der Waals surface area contributed by atoms with Crippen LogP contribution >= 0.6 is 0 Å². The maximum absolute atomic E-state index is 14.1. The number of carbonyl (C=O) groups is 3. The SMILES string of the molecule is Cc1ccc(F)c2cc(C(=O)N[C@@H]3CCC[C@@H](N4CCN5C(=O)CN(C)C(=O)[C@@H]5C4)C3)[nH]c12. The van der Waals surface area contributed by atoms with E-state index in [0.29, 0.717) is 29.7 Å². The van der Waals surface area contributed by atoms with Crippen LogP contribution in [0, 0.1) is 12.7 Å². The molecule has 0 spiro atoms. The summed E-state index contributed by atoms with van der Waals surface area (Å²) < 4.78 is 14.1. The lowest BCUT2D eigenvalue weighted by atomic mass is 9.88. The molecule has 2 aromatic rings. The fraction of sp³-hybridized carbons (Fsp3) is 0.542. The number of aromatic nitrogens is 1. The van der Waals surface area contributed by atoms with Crippen LogP contribution in [0.25, 0.3) is 10.9 Å². The molecule has 2 saturated heterocycles. The molecule has 3 heterocycles. The standard InChI is InChI=1S/C24H30FN5O3/c1-14-6-7-18(25)17-11-19(27-22(14)17)23(32)26-15-4-3-5-16(10-15)29-8-9-30-20(12-29)24(33)28(2)13-21(30)31/h6-7,11,15-16,20,27H,3-5,8-10,12-13H2,1-2H3,(H,26,32)/t15-,16-,20+/m1/s1. The molecule has 0 unspecified atom stereocenters. The smallest absolute Gasteiger partial charge is 0.267 e. The maximum atomic E-state index is 14.1. The summed E-state index contributed by atoms with van der Waals surface area (Å²) in [6.45, 7) is 3.89. The van der Waals surface area contributed by atoms with E-state index in [1.165, 1.54) is 11.0 Å². The van der Waals surface area contributed by atoms with Crippen molar-refractivity contribution < 1.29 is 18.8 Å². The number of hydrogen-bond donors (Lipinski definition) is 2. The van der Waals surface area contributed by atoms with E-state index in [1.807, 2.05) is 6.92 Å². The normalized spacial score (nSPS) is 26.6. The second-order valence-electron chi connectivity index (χ2n) is 9.62. The van der Waals surface area contributed by atoms with Gasteiger partial charge >= 0.3 is 0 Å². The minimum absolute atomic E-state index is 0.00120. The predicted octanol–water partition coefficient (Wildman–Crippen LogP) is 1.64. The van der Waals surface area contributed by atoms with E-state index in [-0.39, 0.29) is 42.2 Å². The second kappa shape index (κ2) is 8.44. The van der Waals surface area contributed by atoms with E-state index in [0.717, 1.165) is 37.8 Å². The third-order valence-corrected chi connectivity index (χ3v) is 7.46. The Morgan fingerprint density at radius 1 is 1.21 bits per heavy atom. The maximum Gasteiger partial charge on any atom is 0.267 e. The van der Waals surface area contributed by atoms with Crippen molar-refractivity contribution in [3.63, 3.8) is 0 Å². The summed E-state index contributed by atoms with van der Waals surface area (Å²) in [5.41, 5.74) is 1.91. The Labute approximate surface area is 192 Å². The molecule has 1 aromatic heterocycles. The number of nitrogens with one attached hydrogen (secondary N) is 2. The second-order valence-corrected chi connectivity index (χ2v) is 9.62. The number of halogens is 1. The number of likely N-dealkylation sites (N-methyl/N-ethyl adjacent to an activating group) is 1. The fourth-order valence-corrected chi connectivity index (χ4v) is 5.61. The molecule has 33 heavy (non-hydrogen) atoms. The van der Waals surface area contributed by atoms with Crippen LogP contribution in [-0.4, -0.2) is 88.8 Å². The molecule has 0 radical (unpaired) electrons. The van der Waals surface area contributed by atoms with Crippen molar-refractivity contribution in [1.29, 1.82) is 0 Å². The highest BCUT2D eigenvalue weighted by Crippen LogP contribution is 2.28. The molecule has 3 amide bonds. The molecule has 9 heteroatoms. The third-order valence-electron chi connectivity index (χ3n) is 7.46. The summed E-state index contributed by atoms with van der Waals surface area (Å²) in [5, 5.41) is 3.55. The van der Waals surface area contributed by atoms with Crippen LogP contribution in [0.2, 0.25) is 0 Å². The topological polar surface area (TPSA) is 88.8 Å². The summed E-state index contributed by atoms with van der Waals surface area (Å²) in [5.74, 6) is -0.554. The molecule has 3 fully saturated rings. The molecule has 2 N–H and O–H groups in total. The first-order valence-corrected chi connectivity index (χ1v) is 11.7. The van der Waals surface area contributed by atoms with Crippen LogP contribution in [0.5, 0.6) is 0 Å². The molecule has 2 aliphatic heterocycles. The van der Waals surface area contributed by atoms with Gasteiger partial charge in [0.25, 0.3) is 5.91 Å². The van der Waals surface area contributed by atoms with Crippen molar-refractivity contribution in [1.82, 2.24) is 25.0 Å². The molecule has 0 bridgehead atoms. The number of aromatic amines is 1. The monoisotopic (exact) mass is 455 g/mol. The van der Waals surface area contributed by atoms with Crippen molar-refractivity contribution in [2.24, 2.45) is 0 Å². The molecule has 176 valence electrons. The van der Waals surface area contributed by atoms with Crippen molar-refractivity contribution >= 4 is 28.6 Å². The largest absolute Gasteiger partial charge is 0.350 e. The Morgan fingerprint density at radius 2 is 2.03 bits per heavy atom. The van der Waals surface area contributed by atoms with Crippen molar-refractivity contribution in [2.45, 2.75) is 50.7 Å². The Hall–Kier alpha value is -2.94. The van der Waals surface area contributed by atoms with Crippen molar-refractivity contribution in [3.05, 3.63) is 35.3 Å². The lowest BCUT2D eigenvalue weighted by Gasteiger charge is -2.48. The lowest BCUT2D eigenvalue weighted by Crippen LogP contribution is -2.67. The van der Waals surface area contributed by atoms with E-state index in [9.17, 15) is 18.8 Å². The van der Waals surface area contributed by atoms with Gasteiger partial charge < -0.3 is 20.1 Å². The highest BCUT2D eigenvalue weighted by Gasteiger charge is 2.43. The number of carbonyl (C=O) groups excluding carboxylic acids is 3. The summed E-state index contributed by atoms with van der Waals surface area (Å²) in [4.78, 5) is 46.5. The molecule has 3 aliphatic rings. The zero-order valence-corrected chi connectivity index (χ0v) is 19.1. The minimum atomic E-state index is -0.413. The number of hydrogen-bond acceptors (Lipinski definition) is 4. The number of nitrogens with zero attached hydrogens (tertiary/aromatic N) is 3. The van der Waals surface area contributed by atoms with E-state index >= 15 is 0 Å². The first-order valence-electron chi connectivity index (χ1n) is 11.7. The molecule has 8 nitrogen and oxygen atoms in total. The molecular weight excluding hydrogens is 425 g/mol. The number of fused-ring (bicyclic) bond motifs is 2. The zero-order valence-electron chi connectivity index (χ0n) is 19.1. The number of rotatable bonds is 3. The number of aryl methyl sites for hydroxylation is 1. The molecule has 1 saturated carbocycles. The van der Waals surface area contributed by atoms with Crippen LogP contribution in [0.1, 0.15) is 41.7 Å². The van der Waals surface area contributed by atoms with Crippen LogP contribution in [0.4, 0.5) is 4.39 Å². The van der Waals surface area contributed by atoms with Gasteiger partial charge in [0.1, 0.15) is 17.6 Å². The van der Waals surface area contributed by atoms with E-state index in [4.69, 9.17) is 0 Å². The summed E-state index contributed by atoms with van der Waals surface area (Å²) in [6.07, 6.45) is 3.67. The molecular formula is C24H30FN5O3. The van der Waals surface area contributed by atoms with Gasteiger partial charge in [0, 0.05) is 44.2 Å². The Kier molecular flexibility index (Phi) is 5.60. The summed E-state index contributed by atoms with van der Waals surface area (Å²) >= 11 is 0. The van der Waals surface area contributed by atoms with Gasteiger partial charge in [-0.2, -0.15) is 0 Å². The molecule has 1 aromatic carbocycles.